The van der Waals surface area contributed by atoms with E-state index in [4.69, 9.17) is 0 Å². The average molecular weight is 308 g/mol. The standard InChI is InChI=1S/C17H16N4S/c1-21-16(18-12-14-8-4-2-5-9-14)19-20-17(21)22-13-15-10-6-3-7-11-15/h2-12H,13H2,1H3/b18-12-. The van der Waals surface area contributed by atoms with Gasteiger partial charge in [-0.05, 0) is 11.1 Å². The van der Waals surface area contributed by atoms with Gasteiger partial charge in [0.25, 0.3) is 5.95 Å². The van der Waals surface area contributed by atoms with Crippen LogP contribution in [0.1, 0.15) is 11.1 Å². The van der Waals surface area contributed by atoms with Crippen LogP contribution in [0.25, 0.3) is 0 Å². The van der Waals surface area contributed by atoms with Crippen molar-refractivity contribution in [3.63, 3.8) is 0 Å². The Morgan fingerprint density at radius 2 is 1.68 bits per heavy atom. The highest BCUT2D eigenvalue weighted by molar-refractivity contribution is 7.98. The summed E-state index contributed by atoms with van der Waals surface area (Å²) in [5.41, 5.74) is 2.31. The molecule has 0 N–H and O–H groups in total. The van der Waals surface area contributed by atoms with Crippen molar-refractivity contribution < 1.29 is 0 Å². The first-order valence-electron chi connectivity index (χ1n) is 6.98. The molecule has 0 aliphatic heterocycles. The van der Waals surface area contributed by atoms with Gasteiger partial charge in [-0.15, -0.1) is 10.2 Å². The zero-order valence-corrected chi connectivity index (χ0v) is 13.1. The van der Waals surface area contributed by atoms with Crippen LogP contribution in [0.3, 0.4) is 0 Å². The molecule has 0 aliphatic rings. The van der Waals surface area contributed by atoms with Gasteiger partial charge in [0.05, 0.1) is 0 Å². The third-order valence-corrected chi connectivity index (χ3v) is 4.24. The number of aliphatic imine (C=N–C) groups is 1. The third kappa shape index (κ3) is 3.62. The summed E-state index contributed by atoms with van der Waals surface area (Å²) in [5, 5.41) is 9.21. The molecule has 5 heteroatoms. The van der Waals surface area contributed by atoms with Gasteiger partial charge < -0.3 is 0 Å². The zero-order valence-electron chi connectivity index (χ0n) is 12.3. The van der Waals surface area contributed by atoms with E-state index in [1.807, 2.05) is 60.1 Å². The van der Waals surface area contributed by atoms with Crippen molar-refractivity contribution in [2.75, 3.05) is 0 Å². The summed E-state index contributed by atoms with van der Waals surface area (Å²) in [4.78, 5) is 4.40. The lowest BCUT2D eigenvalue weighted by molar-refractivity contribution is 0.790. The molecule has 0 saturated carbocycles. The first kappa shape index (κ1) is 14.5. The molecular weight excluding hydrogens is 292 g/mol. The molecule has 0 bridgehead atoms. The fraction of sp³-hybridized carbons (Fsp3) is 0.118. The Hall–Kier alpha value is -2.40. The van der Waals surface area contributed by atoms with Crippen LogP contribution in [0.4, 0.5) is 5.95 Å². The maximum Gasteiger partial charge on any atom is 0.251 e. The molecule has 1 heterocycles. The molecule has 4 nitrogen and oxygen atoms in total. The lowest BCUT2D eigenvalue weighted by atomic mass is 10.2. The molecule has 1 aromatic heterocycles. The van der Waals surface area contributed by atoms with Crippen molar-refractivity contribution in [3.05, 3.63) is 71.8 Å². The molecular formula is C17H16N4S. The summed E-state index contributed by atoms with van der Waals surface area (Å²) in [5.74, 6) is 1.48. The summed E-state index contributed by atoms with van der Waals surface area (Å²) in [6, 6.07) is 20.3. The lowest BCUT2D eigenvalue weighted by Crippen LogP contribution is -1.91. The van der Waals surface area contributed by atoms with Crippen molar-refractivity contribution in [1.29, 1.82) is 0 Å². The largest absolute Gasteiger partial charge is 0.290 e. The molecule has 2 aromatic carbocycles. The molecule has 0 fully saturated rings. The fourth-order valence-electron chi connectivity index (χ4n) is 1.94. The van der Waals surface area contributed by atoms with Crippen LogP contribution < -0.4 is 0 Å². The van der Waals surface area contributed by atoms with Crippen molar-refractivity contribution >= 4 is 23.9 Å². The first-order valence-corrected chi connectivity index (χ1v) is 7.97. The number of hydrogen-bond acceptors (Lipinski definition) is 4. The topological polar surface area (TPSA) is 43.1 Å². The van der Waals surface area contributed by atoms with Gasteiger partial charge in [0.1, 0.15) is 0 Å². The zero-order chi connectivity index (χ0) is 15.2. The van der Waals surface area contributed by atoms with Crippen LogP contribution in [0, 0.1) is 0 Å². The minimum absolute atomic E-state index is 0.611. The second-order valence-corrected chi connectivity index (χ2v) is 5.73. The van der Waals surface area contributed by atoms with Crippen molar-refractivity contribution in [3.8, 4) is 0 Å². The van der Waals surface area contributed by atoms with E-state index in [-0.39, 0.29) is 0 Å². The van der Waals surface area contributed by atoms with Crippen LogP contribution in [-0.4, -0.2) is 21.0 Å². The highest BCUT2D eigenvalue weighted by Crippen LogP contribution is 2.23. The summed E-state index contributed by atoms with van der Waals surface area (Å²) in [6.45, 7) is 0. The Labute approximate surface area is 133 Å². The summed E-state index contributed by atoms with van der Waals surface area (Å²) in [7, 11) is 1.94. The number of benzene rings is 2. The van der Waals surface area contributed by atoms with E-state index in [0.717, 1.165) is 16.5 Å². The van der Waals surface area contributed by atoms with Gasteiger partial charge >= 0.3 is 0 Å². The van der Waals surface area contributed by atoms with Crippen molar-refractivity contribution in [2.45, 2.75) is 10.9 Å². The van der Waals surface area contributed by atoms with Crippen molar-refractivity contribution in [2.24, 2.45) is 12.0 Å². The molecule has 0 spiro atoms. The second-order valence-electron chi connectivity index (χ2n) is 4.78. The molecule has 0 radical (unpaired) electrons. The van der Waals surface area contributed by atoms with Gasteiger partial charge in [0.2, 0.25) is 0 Å². The van der Waals surface area contributed by atoms with Gasteiger partial charge in [-0.3, -0.25) is 4.57 Å². The molecule has 22 heavy (non-hydrogen) atoms. The molecule has 3 rings (SSSR count). The monoisotopic (exact) mass is 308 g/mol. The van der Waals surface area contributed by atoms with Gasteiger partial charge in [-0.25, -0.2) is 4.99 Å². The van der Waals surface area contributed by atoms with Crippen LogP contribution in [0.5, 0.6) is 0 Å². The summed E-state index contributed by atoms with van der Waals surface area (Å²) in [6.07, 6.45) is 1.80. The molecule has 0 aliphatic carbocycles. The van der Waals surface area contributed by atoms with E-state index < -0.39 is 0 Å². The van der Waals surface area contributed by atoms with Gasteiger partial charge in [-0.2, -0.15) is 0 Å². The van der Waals surface area contributed by atoms with Crippen LogP contribution in [0.2, 0.25) is 0 Å². The molecule has 0 unspecified atom stereocenters. The van der Waals surface area contributed by atoms with E-state index in [0.29, 0.717) is 5.95 Å². The van der Waals surface area contributed by atoms with Gasteiger partial charge in [-0.1, -0.05) is 72.4 Å². The predicted octanol–water partition coefficient (Wildman–Crippen LogP) is 3.86. The quantitative estimate of drug-likeness (QED) is 0.531. The Balaban J connectivity index is 1.68. The van der Waals surface area contributed by atoms with E-state index in [1.54, 1.807) is 18.0 Å². The van der Waals surface area contributed by atoms with E-state index in [9.17, 15) is 0 Å². The van der Waals surface area contributed by atoms with Crippen LogP contribution in [0.15, 0.2) is 70.8 Å². The predicted molar refractivity (Wildman–Crippen MR) is 90.7 cm³/mol. The van der Waals surface area contributed by atoms with Gasteiger partial charge in [0, 0.05) is 19.0 Å². The number of thioether (sulfide) groups is 1. The number of rotatable bonds is 5. The minimum Gasteiger partial charge on any atom is -0.290 e. The number of aromatic nitrogens is 3. The van der Waals surface area contributed by atoms with Crippen molar-refractivity contribution in [1.82, 2.24) is 14.8 Å². The molecule has 0 atom stereocenters. The maximum atomic E-state index is 4.40. The summed E-state index contributed by atoms with van der Waals surface area (Å²) >= 11 is 1.66. The smallest absolute Gasteiger partial charge is 0.251 e. The number of hydrogen-bond donors (Lipinski definition) is 0. The highest BCUT2D eigenvalue weighted by atomic mass is 32.2. The number of nitrogens with zero attached hydrogens (tertiary/aromatic N) is 4. The third-order valence-electron chi connectivity index (χ3n) is 3.15. The van der Waals surface area contributed by atoms with Crippen LogP contribution in [-0.2, 0) is 12.8 Å². The molecule has 3 aromatic rings. The van der Waals surface area contributed by atoms with E-state index in [1.165, 1.54) is 5.56 Å². The van der Waals surface area contributed by atoms with Gasteiger partial charge in [0.15, 0.2) is 5.16 Å². The first-order chi connectivity index (χ1) is 10.8. The summed E-state index contributed by atoms with van der Waals surface area (Å²) < 4.78 is 1.91. The molecule has 110 valence electrons. The molecule has 0 saturated heterocycles. The lowest BCUT2D eigenvalue weighted by Gasteiger charge is -2.01. The van der Waals surface area contributed by atoms with E-state index >= 15 is 0 Å². The SMILES string of the molecule is Cn1c(/N=C\c2ccccc2)nnc1SCc1ccccc1. The fourth-order valence-corrected chi connectivity index (χ4v) is 2.80. The minimum atomic E-state index is 0.611. The normalized spacial score (nSPS) is 11.1. The Morgan fingerprint density at radius 1 is 1.00 bits per heavy atom. The Bertz CT molecular complexity index is 751. The highest BCUT2D eigenvalue weighted by Gasteiger charge is 2.07. The Morgan fingerprint density at radius 3 is 2.41 bits per heavy atom. The van der Waals surface area contributed by atoms with E-state index in [2.05, 4.69) is 27.3 Å². The van der Waals surface area contributed by atoms with Crippen LogP contribution >= 0.6 is 11.8 Å². The molecule has 0 amide bonds. The average Bonchev–Trinajstić information content (AvgIpc) is 2.93. The Kier molecular flexibility index (Phi) is 4.65. The second kappa shape index (κ2) is 7.04. The maximum absolute atomic E-state index is 4.40.